The van der Waals surface area contributed by atoms with Crippen LogP contribution in [0.4, 0.5) is 5.69 Å². The molecular formula is C24H21N5OS. The van der Waals surface area contributed by atoms with Crippen molar-refractivity contribution in [3.63, 3.8) is 0 Å². The molecule has 7 heteroatoms. The van der Waals surface area contributed by atoms with Gasteiger partial charge >= 0.3 is 0 Å². The van der Waals surface area contributed by atoms with Crippen LogP contribution in [0, 0.1) is 18.6 Å². The van der Waals surface area contributed by atoms with E-state index in [2.05, 4.69) is 20.6 Å². The van der Waals surface area contributed by atoms with Gasteiger partial charge in [-0.15, -0.1) is 0 Å². The topological polar surface area (TPSA) is 75.1 Å². The van der Waals surface area contributed by atoms with Crippen molar-refractivity contribution in [2.45, 2.75) is 13.8 Å². The van der Waals surface area contributed by atoms with E-state index in [1.165, 1.54) is 0 Å². The van der Waals surface area contributed by atoms with Crippen molar-refractivity contribution in [2.24, 2.45) is 5.10 Å². The summed E-state index contributed by atoms with van der Waals surface area (Å²) in [6.45, 7) is 4.00. The number of nitrogens with zero attached hydrogens (tertiary/aromatic N) is 3. The second-order valence-electron chi connectivity index (χ2n) is 7.17. The van der Waals surface area contributed by atoms with E-state index < -0.39 is 0 Å². The van der Waals surface area contributed by atoms with Gasteiger partial charge < -0.3 is 5.32 Å². The van der Waals surface area contributed by atoms with Gasteiger partial charge in [-0.25, -0.2) is 5.10 Å². The van der Waals surface area contributed by atoms with Crippen molar-refractivity contribution >= 4 is 30.0 Å². The van der Waals surface area contributed by atoms with Crippen molar-refractivity contribution < 1.29 is 4.79 Å². The lowest BCUT2D eigenvalue weighted by atomic mass is 10.1. The summed E-state index contributed by atoms with van der Waals surface area (Å²) in [5, 5.41) is 14.6. The summed E-state index contributed by atoms with van der Waals surface area (Å²) in [5.74, 6) is 0.483. The minimum Gasteiger partial charge on any atom is -0.322 e. The molecule has 0 aliphatic carbocycles. The highest BCUT2D eigenvalue weighted by Gasteiger charge is 2.10. The average Bonchev–Trinajstić information content (AvgIpc) is 3.13. The van der Waals surface area contributed by atoms with E-state index in [1.807, 2.05) is 86.6 Å². The molecule has 2 N–H and O–H groups in total. The summed E-state index contributed by atoms with van der Waals surface area (Å²) < 4.78 is 1.99. The fourth-order valence-electron chi connectivity index (χ4n) is 3.13. The molecule has 4 aromatic rings. The molecule has 0 bridgehead atoms. The van der Waals surface area contributed by atoms with Crippen LogP contribution in [0.25, 0.3) is 11.4 Å². The smallest absolute Gasteiger partial charge is 0.255 e. The van der Waals surface area contributed by atoms with E-state index in [0.29, 0.717) is 21.8 Å². The normalized spacial score (nSPS) is 11.0. The summed E-state index contributed by atoms with van der Waals surface area (Å²) in [6.07, 6.45) is 1.69. The highest BCUT2D eigenvalue weighted by molar-refractivity contribution is 7.71. The molecule has 1 heterocycles. The fraction of sp³-hybridized carbons (Fsp3) is 0.0833. The number of nitrogens with one attached hydrogen (secondary N) is 2. The Morgan fingerprint density at radius 1 is 1.06 bits per heavy atom. The van der Waals surface area contributed by atoms with Gasteiger partial charge in [0.1, 0.15) is 0 Å². The number of aromatic nitrogens is 3. The van der Waals surface area contributed by atoms with Gasteiger partial charge in [-0.3, -0.25) is 4.79 Å². The summed E-state index contributed by atoms with van der Waals surface area (Å²) in [4.78, 5) is 12.5. The molecule has 0 aliphatic rings. The Morgan fingerprint density at radius 3 is 2.61 bits per heavy atom. The third-order valence-corrected chi connectivity index (χ3v) is 5.08. The van der Waals surface area contributed by atoms with Crippen molar-refractivity contribution in [2.75, 3.05) is 5.32 Å². The molecule has 3 aromatic carbocycles. The Kier molecular flexibility index (Phi) is 5.86. The zero-order chi connectivity index (χ0) is 21.8. The number of aromatic amines is 1. The molecule has 1 aromatic heterocycles. The highest BCUT2D eigenvalue weighted by Crippen LogP contribution is 2.21. The first-order chi connectivity index (χ1) is 15.0. The third kappa shape index (κ3) is 4.67. The van der Waals surface area contributed by atoms with E-state index in [0.717, 1.165) is 22.3 Å². The number of H-pyrrole nitrogens is 1. The van der Waals surface area contributed by atoms with E-state index in [9.17, 15) is 4.79 Å². The Bertz CT molecular complexity index is 1320. The van der Waals surface area contributed by atoms with Gasteiger partial charge in [0.2, 0.25) is 4.77 Å². The monoisotopic (exact) mass is 427 g/mol. The van der Waals surface area contributed by atoms with Gasteiger partial charge in [0.15, 0.2) is 5.82 Å². The Hall–Kier alpha value is -3.84. The molecule has 0 spiro atoms. The van der Waals surface area contributed by atoms with Gasteiger partial charge in [-0.1, -0.05) is 54.1 Å². The van der Waals surface area contributed by atoms with Crippen LogP contribution in [-0.2, 0) is 0 Å². The number of carbonyl (C=O) groups excluding carboxylic acids is 1. The maximum Gasteiger partial charge on any atom is 0.255 e. The van der Waals surface area contributed by atoms with Gasteiger partial charge in [-0.05, 0) is 61.5 Å². The number of hydrogen-bond acceptors (Lipinski definition) is 4. The molecule has 0 saturated carbocycles. The molecular weight excluding hydrogens is 406 g/mol. The van der Waals surface area contributed by atoms with Crippen LogP contribution in [0.3, 0.4) is 0 Å². The maximum absolute atomic E-state index is 12.5. The van der Waals surface area contributed by atoms with Crippen molar-refractivity contribution in [3.05, 3.63) is 99.8 Å². The highest BCUT2D eigenvalue weighted by atomic mass is 32.1. The van der Waals surface area contributed by atoms with Crippen LogP contribution in [-0.4, -0.2) is 27.0 Å². The van der Waals surface area contributed by atoms with Crippen LogP contribution in [0.1, 0.15) is 27.0 Å². The van der Waals surface area contributed by atoms with Crippen LogP contribution in [0.15, 0.2) is 77.9 Å². The van der Waals surface area contributed by atoms with E-state index in [4.69, 9.17) is 12.2 Å². The summed E-state index contributed by atoms with van der Waals surface area (Å²) in [6, 6.07) is 22.8. The Balaban J connectivity index is 1.57. The van der Waals surface area contributed by atoms with Crippen molar-refractivity contribution in [1.29, 1.82) is 0 Å². The number of anilines is 1. The van der Waals surface area contributed by atoms with Gasteiger partial charge in [0, 0.05) is 16.8 Å². The van der Waals surface area contributed by atoms with Crippen LogP contribution >= 0.6 is 12.2 Å². The number of amides is 1. The molecule has 154 valence electrons. The molecule has 0 aliphatic heterocycles. The SMILES string of the molecule is Cc1ccc(C(=O)Nc2cccc(/C=N/n3c(-c4ccccc4C)n[nH]c3=S)c2)cc1. The molecule has 0 saturated heterocycles. The van der Waals surface area contributed by atoms with E-state index in [-0.39, 0.29) is 5.91 Å². The van der Waals surface area contributed by atoms with E-state index >= 15 is 0 Å². The second kappa shape index (κ2) is 8.89. The molecule has 0 unspecified atom stereocenters. The number of carbonyl (C=O) groups is 1. The molecule has 0 fully saturated rings. The van der Waals surface area contributed by atoms with Gasteiger partial charge in [0.25, 0.3) is 5.91 Å². The predicted molar refractivity (Wildman–Crippen MR) is 126 cm³/mol. The fourth-order valence-corrected chi connectivity index (χ4v) is 3.31. The minimum absolute atomic E-state index is 0.159. The first-order valence-electron chi connectivity index (χ1n) is 9.77. The van der Waals surface area contributed by atoms with Crippen LogP contribution in [0.5, 0.6) is 0 Å². The Labute approximate surface area is 185 Å². The quantitative estimate of drug-likeness (QED) is 0.333. The van der Waals surface area contributed by atoms with Gasteiger partial charge in [0.05, 0.1) is 6.21 Å². The number of rotatable bonds is 5. The zero-order valence-corrected chi connectivity index (χ0v) is 18.0. The molecule has 31 heavy (non-hydrogen) atoms. The second-order valence-corrected chi connectivity index (χ2v) is 7.56. The summed E-state index contributed by atoms with van der Waals surface area (Å²) in [7, 11) is 0. The van der Waals surface area contributed by atoms with Gasteiger partial charge in [-0.2, -0.15) is 14.9 Å². The van der Waals surface area contributed by atoms with Crippen LogP contribution in [0.2, 0.25) is 0 Å². The lowest BCUT2D eigenvalue weighted by Crippen LogP contribution is -2.11. The molecule has 0 radical (unpaired) electrons. The number of benzene rings is 3. The maximum atomic E-state index is 12.5. The first-order valence-corrected chi connectivity index (χ1v) is 10.2. The summed E-state index contributed by atoms with van der Waals surface area (Å²) >= 11 is 5.35. The lowest BCUT2D eigenvalue weighted by molar-refractivity contribution is 0.102. The molecule has 4 rings (SSSR count). The molecule has 0 atom stereocenters. The molecule has 6 nitrogen and oxygen atoms in total. The lowest BCUT2D eigenvalue weighted by Gasteiger charge is -2.07. The first kappa shape index (κ1) is 20.4. The standard InChI is InChI=1S/C24H21N5OS/c1-16-10-12-19(13-11-16)23(30)26-20-8-5-7-18(14-20)15-25-29-22(27-28-24(29)31)21-9-4-3-6-17(21)2/h3-15H,1-2H3,(H,26,30)(H,28,31)/b25-15+. The van der Waals surface area contributed by atoms with E-state index in [1.54, 1.807) is 10.9 Å². The number of aryl methyl sites for hydroxylation is 2. The number of hydrogen-bond donors (Lipinski definition) is 2. The van der Waals surface area contributed by atoms with Crippen molar-refractivity contribution in [1.82, 2.24) is 14.9 Å². The van der Waals surface area contributed by atoms with Crippen molar-refractivity contribution in [3.8, 4) is 11.4 Å². The molecule has 1 amide bonds. The average molecular weight is 428 g/mol. The third-order valence-electron chi connectivity index (χ3n) is 4.82. The predicted octanol–water partition coefficient (Wildman–Crippen LogP) is 5.36. The zero-order valence-electron chi connectivity index (χ0n) is 17.2. The Morgan fingerprint density at radius 2 is 1.84 bits per heavy atom. The van der Waals surface area contributed by atoms with Crippen LogP contribution < -0.4 is 5.32 Å². The summed E-state index contributed by atoms with van der Waals surface area (Å²) in [5.41, 5.74) is 5.25. The minimum atomic E-state index is -0.159. The largest absolute Gasteiger partial charge is 0.322 e.